The maximum absolute atomic E-state index is 12.7. The summed E-state index contributed by atoms with van der Waals surface area (Å²) in [6, 6.07) is 5.76. The molecule has 0 spiro atoms. The summed E-state index contributed by atoms with van der Waals surface area (Å²) in [6.07, 6.45) is 3.12. The zero-order valence-electron chi connectivity index (χ0n) is 20.3. The second-order valence-electron chi connectivity index (χ2n) is 7.87. The van der Waals surface area contributed by atoms with Gasteiger partial charge in [0.15, 0.2) is 0 Å². The normalized spacial score (nSPS) is 11.1. The lowest BCUT2D eigenvalue weighted by atomic mass is 9.90. The van der Waals surface area contributed by atoms with E-state index in [1.165, 1.54) is 0 Å². The number of H-pyrrole nitrogens is 2. The van der Waals surface area contributed by atoms with Crippen molar-refractivity contribution in [3.63, 3.8) is 0 Å². The fourth-order valence-electron chi connectivity index (χ4n) is 4.51. The predicted octanol–water partition coefficient (Wildman–Crippen LogP) is 5.01. The van der Waals surface area contributed by atoms with E-state index in [1.54, 1.807) is 20.0 Å². The molecule has 0 bridgehead atoms. The molecule has 0 aliphatic carbocycles. The molecule has 0 radical (unpaired) electrons. The Hall–Kier alpha value is -3.35. The Labute approximate surface area is 194 Å². The van der Waals surface area contributed by atoms with E-state index in [1.807, 2.05) is 45.9 Å². The standard InChI is InChI=1S/C26H33N3O4/c1-7-17-15(5)21(28-23(17)25(30)32-9-3)20(19-13-11-12-14-27-19)22-16(6)18(8-2)24(29-22)26(31)33-10-4/h11-14,20,28-29H,7-10H2,1-6H3. The van der Waals surface area contributed by atoms with E-state index in [2.05, 4.69) is 15.0 Å². The number of pyridine rings is 1. The van der Waals surface area contributed by atoms with Gasteiger partial charge in [-0.2, -0.15) is 0 Å². The van der Waals surface area contributed by atoms with Crippen LogP contribution in [0.5, 0.6) is 0 Å². The molecule has 0 amide bonds. The number of hydrogen-bond donors (Lipinski definition) is 2. The van der Waals surface area contributed by atoms with Crippen LogP contribution in [0.4, 0.5) is 0 Å². The van der Waals surface area contributed by atoms with E-state index in [-0.39, 0.29) is 17.9 Å². The molecule has 3 heterocycles. The van der Waals surface area contributed by atoms with Crippen molar-refractivity contribution in [1.29, 1.82) is 0 Å². The first-order valence-corrected chi connectivity index (χ1v) is 11.6. The lowest BCUT2D eigenvalue weighted by Crippen LogP contribution is -2.11. The average Bonchev–Trinajstić information content (AvgIpc) is 3.32. The minimum atomic E-state index is -0.367. The molecule has 7 nitrogen and oxygen atoms in total. The number of rotatable bonds is 9. The Morgan fingerprint density at radius 1 is 0.848 bits per heavy atom. The zero-order chi connectivity index (χ0) is 24.1. The number of esters is 2. The van der Waals surface area contributed by atoms with Gasteiger partial charge in [-0.1, -0.05) is 19.9 Å². The molecule has 3 aromatic rings. The number of carbonyl (C=O) groups is 2. The molecule has 0 saturated heterocycles. The summed E-state index contributed by atoms with van der Waals surface area (Å²) in [7, 11) is 0. The van der Waals surface area contributed by atoms with Crippen molar-refractivity contribution in [3.05, 3.63) is 75.1 Å². The van der Waals surface area contributed by atoms with Crippen LogP contribution < -0.4 is 0 Å². The SMILES string of the molecule is CCOC(=O)c1[nH]c(C(c2ccccn2)c2[nH]c(C(=O)OCC)c(CC)c2C)c(C)c1CC. The zero-order valence-corrected chi connectivity index (χ0v) is 20.3. The first kappa shape index (κ1) is 24.3. The van der Waals surface area contributed by atoms with E-state index < -0.39 is 0 Å². The molecule has 3 rings (SSSR count). The molecule has 2 N–H and O–H groups in total. The number of carbonyl (C=O) groups excluding carboxylic acids is 2. The third-order valence-corrected chi connectivity index (χ3v) is 6.06. The van der Waals surface area contributed by atoms with Crippen molar-refractivity contribution in [2.45, 2.75) is 60.3 Å². The summed E-state index contributed by atoms with van der Waals surface area (Å²) >= 11 is 0. The second kappa shape index (κ2) is 10.5. The molecular formula is C26H33N3O4. The molecule has 0 unspecified atom stereocenters. The Balaban J connectivity index is 2.27. The number of hydrogen-bond acceptors (Lipinski definition) is 5. The highest BCUT2D eigenvalue weighted by Gasteiger charge is 2.31. The summed E-state index contributed by atoms with van der Waals surface area (Å²) in [4.78, 5) is 36.7. The fraction of sp³-hybridized carbons (Fsp3) is 0.423. The predicted molar refractivity (Wildman–Crippen MR) is 127 cm³/mol. The number of aromatic amines is 2. The van der Waals surface area contributed by atoms with Crippen molar-refractivity contribution in [3.8, 4) is 0 Å². The van der Waals surface area contributed by atoms with Crippen LogP contribution in [0.1, 0.15) is 93.9 Å². The molecule has 33 heavy (non-hydrogen) atoms. The molecular weight excluding hydrogens is 418 g/mol. The lowest BCUT2D eigenvalue weighted by molar-refractivity contribution is 0.0509. The molecule has 176 valence electrons. The molecule has 0 saturated carbocycles. The maximum atomic E-state index is 12.7. The minimum absolute atomic E-state index is 0.303. The maximum Gasteiger partial charge on any atom is 0.355 e. The summed E-state index contributed by atoms with van der Waals surface area (Å²) in [5.74, 6) is -1.06. The Morgan fingerprint density at radius 3 is 1.70 bits per heavy atom. The van der Waals surface area contributed by atoms with Crippen molar-refractivity contribution in [1.82, 2.24) is 15.0 Å². The van der Waals surface area contributed by atoms with Gasteiger partial charge in [-0.15, -0.1) is 0 Å². The Bertz CT molecular complexity index is 1060. The second-order valence-corrected chi connectivity index (χ2v) is 7.87. The van der Waals surface area contributed by atoms with Crippen LogP contribution in [0.15, 0.2) is 24.4 Å². The van der Waals surface area contributed by atoms with Gasteiger partial charge in [0.05, 0.1) is 24.8 Å². The van der Waals surface area contributed by atoms with Crippen LogP contribution in [-0.2, 0) is 22.3 Å². The Morgan fingerprint density at radius 2 is 1.33 bits per heavy atom. The van der Waals surface area contributed by atoms with Gasteiger partial charge >= 0.3 is 11.9 Å². The molecule has 0 aliphatic rings. The summed E-state index contributed by atoms with van der Waals surface area (Å²) in [5, 5.41) is 0. The Kier molecular flexibility index (Phi) is 7.74. The van der Waals surface area contributed by atoms with Crippen LogP contribution in [0.25, 0.3) is 0 Å². The van der Waals surface area contributed by atoms with Crippen LogP contribution >= 0.6 is 0 Å². The van der Waals surface area contributed by atoms with Crippen LogP contribution in [-0.4, -0.2) is 40.1 Å². The van der Waals surface area contributed by atoms with Gasteiger partial charge in [-0.25, -0.2) is 9.59 Å². The molecule has 0 aliphatic heterocycles. The monoisotopic (exact) mass is 451 g/mol. The minimum Gasteiger partial charge on any atom is -0.461 e. The van der Waals surface area contributed by atoms with Gasteiger partial charge in [-0.05, 0) is 74.9 Å². The van der Waals surface area contributed by atoms with E-state index in [9.17, 15) is 9.59 Å². The smallest absolute Gasteiger partial charge is 0.355 e. The number of nitrogens with one attached hydrogen (secondary N) is 2. The van der Waals surface area contributed by atoms with Crippen LogP contribution in [0, 0.1) is 13.8 Å². The third-order valence-electron chi connectivity index (χ3n) is 6.06. The van der Waals surface area contributed by atoms with Gasteiger partial charge in [0.25, 0.3) is 0 Å². The van der Waals surface area contributed by atoms with Crippen molar-refractivity contribution in [2.75, 3.05) is 13.2 Å². The number of nitrogens with zero attached hydrogens (tertiary/aromatic N) is 1. The van der Waals surface area contributed by atoms with Crippen molar-refractivity contribution in [2.24, 2.45) is 0 Å². The number of aromatic nitrogens is 3. The van der Waals surface area contributed by atoms with Gasteiger partial charge in [0, 0.05) is 17.6 Å². The highest BCUT2D eigenvalue weighted by Crippen LogP contribution is 2.37. The largest absolute Gasteiger partial charge is 0.461 e. The van der Waals surface area contributed by atoms with Gasteiger partial charge in [0.2, 0.25) is 0 Å². The van der Waals surface area contributed by atoms with E-state index in [4.69, 9.17) is 9.47 Å². The van der Waals surface area contributed by atoms with Gasteiger partial charge in [0.1, 0.15) is 11.4 Å². The highest BCUT2D eigenvalue weighted by atomic mass is 16.5. The molecule has 0 fully saturated rings. The summed E-state index contributed by atoms with van der Waals surface area (Å²) < 4.78 is 10.6. The van der Waals surface area contributed by atoms with E-state index in [0.29, 0.717) is 37.4 Å². The first-order chi connectivity index (χ1) is 15.9. The van der Waals surface area contributed by atoms with Crippen molar-refractivity contribution < 1.29 is 19.1 Å². The highest BCUT2D eigenvalue weighted by molar-refractivity contribution is 5.91. The fourth-order valence-corrected chi connectivity index (χ4v) is 4.51. The van der Waals surface area contributed by atoms with Crippen LogP contribution in [0.3, 0.4) is 0 Å². The molecule has 0 aromatic carbocycles. The first-order valence-electron chi connectivity index (χ1n) is 11.6. The van der Waals surface area contributed by atoms with E-state index >= 15 is 0 Å². The van der Waals surface area contributed by atoms with Gasteiger partial charge in [-0.3, -0.25) is 4.98 Å². The third kappa shape index (κ3) is 4.58. The van der Waals surface area contributed by atoms with Gasteiger partial charge < -0.3 is 19.4 Å². The molecule has 3 aromatic heterocycles. The van der Waals surface area contributed by atoms with Crippen LogP contribution in [0.2, 0.25) is 0 Å². The quantitative estimate of drug-likeness (QED) is 0.446. The topological polar surface area (TPSA) is 97.1 Å². The molecule has 7 heteroatoms. The van der Waals surface area contributed by atoms with E-state index in [0.717, 1.165) is 39.3 Å². The van der Waals surface area contributed by atoms with Crippen molar-refractivity contribution >= 4 is 11.9 Å². The number of ether oxygens (including phenoxy) is 2. The summed E-state index contributed by atoms with van der Waals surface area (Å²) in [6.45, 7) is 12.3. The lowest BCUT2D eigenvalue weighted by Gasteiger charge is -2.17. The average molecular weight is 452 g/mol. The molecule has 0 atom stereocenters. The summed E-state index contributed by atoms with van der Waals surface area (Å²) in [5.41, 5.74) is 7.29.